The number of esters is 2. The first kappa shape index (κ1) is 39.8. The van der Waals surface area contributed by atoms with Gasteiger partial charge >= 0.3 is 18.1 Å². The van der Waals surface area contributed by atoms with Crippen molar-refractivity contribution in [3.8, 4) is 46.3 Å². The van der Waals surface area contributed by atoms with Gasteiger partial charge in [-0.2, -0.15) is 5.26 Å². The zero-order valence-corrected chi connectivity index (χ0v) is 34.7. The van der Waals surface area contributed by atoms with E-state index in [9.17, 15) is 24.8 Å². The number of piperazine rings is 1. The summed E-state index contributed by atoms with van der Waals surface area (Å²) in [6.45, 7) is 8.51. The molecule has 7 atom stereocenters. The first-order chi connectivity index (χ1) is 28.9. The van der Waals surface area contributed by atoms with Crippen molar-refractivity contribution in [3.05, 3.63) is 75.5 Å². The van der Waals surface area contributed by atoms with Crippen LogP contribution in [0.3, 0.4) is 0 Å². The summed E-state index contributed by atoms with van der Waals surface area (Å²) in [7, 11) is 4.92. The van der Waals surface area contributed by atoms with Gasteiger partial charge in [0.15, 0.2) is 40.0 Å². The van der Waals surface area contributed by atoms with Gasteiger partial charge in [-0.15, -0.1) is 11.8 Å². The lowest BCUT2D eigenvalue weighted by atomic mass is 9.71. The van der Waals surface area contributed by atoms with Gasteiger partial charge in [-0.1, -0.05) is 12.6 Å². The Morgan fingerprint density at radius 3 is 2.55 bits per heavy atom. The number of likely N-dealkylation sites (N-methyl/N-ethyl adjacent to an activating group) is 1. The number of nitrogens with one attached hydrogen (secondary N) is 1. The Morgan fingerprint density at radius 2 is 1.83 bits per heavy atom. The molecule has 4 bridgehead atoms. The van der Waals surface area contributed by atoms with E-state index in [2.05, 4.69) is 27.8 Å². The first-order valence-corrected chi connectivity index (χ1v) is 20.6. The average molecular weight is 841 g/mol. The Balaban J connectivity index is 1.29. The molecule has 60 heavy (non-hydrogen) atoms. The van der Waals surface area contributed by atoms with Crippen LogP contribution in [0.25, 0.3) is 0 Å². The van der Waals surface area contributed by atoms with Crippen LogP contribution in [0.15, 0.2) is 31.0 Å². The third-order valence-electron chi connectivity index (χ3n) is 12.8. The van der Waals surface area contributed by atoms with E-state index in [0.29, 0.717) is 70.2 Å². The Hall–Kier alpha value is -5.67. The van der Waals surface area contributed by atoms with Crippen molar-refractivity contribution in [2.75, 3.05) is 47.0 Å². The van der Waals surface area contributed by atoms with Gasteiger partial charge in [-0.05, 0) is 68.1 Å². The number of methoxy groups -OCH3 is 2. The lowest BCUT2D eigenvalue weighted by Crippen LogP contribution is -2.69. The zero-order chi connectivity index (χ0) is 42.4. The second-order valence-corrected chi connectivity index (χ2v) is 16.8. The van der Waals surface area contributed by atoms with Crippen LogP contribution in [0.1, 0.15) is 68.8 Å². The number of aryl methyl sites for hydroxylation is 1. The molecular formula is C43H44N4O12S. The van der Waals surface area contributed by atoms with E-state index in [1.54, 1.807) is 12.1 Å². The van der Waals surface area contributed by atoms with Gasteiger partial charge in [0.1, 0.15) is 18.4 Å². The summed E-state index contributed by atoms with van der Waals surface area (Å²) in [6.07, 6.45) is 0.901. The highest BCUT2D eigenvalue weighted by atomic mass is 32.2. The largest absolute Gasteiger partial charge is 0.518 e. The summed E-state index contributed by atoms with van der Waals surface area (Å²) in [4.78, 5) is 44.6. The van der Waals surface area contributed by atoms with Gasteiger partial charge in [0.25, 0.3) is 0 Å². The molecule has 16 nitrogen and oxygen atoms in total. The molecule has 3 aromatic carbocycles. The Kier molecular flexibility index (Phi) is 9.81. The van der Waals surface area contributed by atoms with Gasteiger partial charge in [0.05, 0.1) is 43.9 Å². The van der Waals surface area contributed by atoms with Crippen molar-refractivity contribution >= 4 is 29.9 Å². The molecule has 2 fully saturated rings. The number of hydrogen-bond donors (Lipinski definition) is 2. The molecule has 7 aliphatic rings. The molecule has 2 N–H and O–H groups in total. The van der Waals surface area contributed by atoms with Crippen LogP contribution in [0.4, 0.5) is 4.79 Å². The smallest absolute Gasteiger partial charge is 0.504 e. The van der Waals surface area contributed by atoms with Crippen LogP contribution in [0, 0.1) is 25.2 Å². The summed E-state index contributed by atoms with van der Waals surface area (Å²) >= 11 is 1.44. The number of nitrogens with zero attached hydrogens (tertiary/aromatic N) is 3. The van der Waals surface area contributed by atoms with E-state index in [1.165, 1.54) is 32.9 Å². The number of carbonyl (C=O) groups excluding carboxylic acids is 3. The maximum Gasteiger partial charge on any atom is 0.518 e. The second kappa shape index (κ2) is 14.8. The number of nitriles is 1. The van der Waals surface area contributed by atoms with Crippen LogP contribution in [-0.4, -0.2) is 98.1 Å². The monoisotopic (exact) mass is 840 g/mol. The van der Waals surface area contributed by atoms with Crippen molar-refractivity contribution in [1.29, 1.82) is 5.26 Å². The fourth-order valence-corrected chi connectivity index (χ4v) is 12.1. The fraction of sp³-hybridized carbons (Fsp3) is 0.442. The Labute approximate surface area is 350 Å². The molecule has 0 aromatic heterocycles. The predicted molar refractivity (Wildman–Crippen MR) is 214 cm³/mol. The number of benzene rings is 3. The highest BCUT2D eigenvalue weighted by Gasteiger charge is 2.62. The van der Waals surface area contributed by atoms with Gasteiger partial charge in [-0.3, -0.25) is 19.9 Å². The van der Waals surface area contributed by atoms with Crippen LogP contribution < -0.4 is 33.7 Å². The molecule has 314 valence electrons. The minimum atomic E-state index is -1.45. The lowest BCUT2D eigenvalue weighted by molar-refractivity contribution is -0.157. The quantitative estimate of drug-likeness (QED) is 0.152. The van der Waals surface area contributed by atoms with Crippen molar-refractivity contribution in [1.82, 2.24) is 15.1 Å². The SMILES string of the molecule is C=COC(=O)Oc1cc2c(cc1OC)[C@@]1(CS[C@@H]3c4c(OC(C)=O)c(C)c5c(c4[C@H](COC1=O)N1C3[C@@H]3c4c(cc(C)c(OC)c4O)C[C@@H]([C@@H]1C#N)N3C)OCO5)NCC2. The van der Waals surface area contributed by atoms with Crippen LogP contribution >= 0.6 is 11.8 Å². The highest BCUT2D eigenvalue weighted by Crippen LogP contribution is 2.64. The lowest BCUT2D eigenvalue weighted by Gasteiger charge is -2.62. The fourth-order valence-electron chi connectivity index (χ4n) is 10.4. The molecule has 1 spiro atoms. The van der Waals surface area contributed by atoms with E-state index in [4.69, 9.17) is 37.9 Å². The highest BCUT2D eigenvalue weighted by molar-refractivity contribution is 7.99. The Bertz CT molecular complexity index is 2420. The van der Waals surface area contributed by atoms with Crippen molar-refractivity contribution < 1.29 is 57.4 Å². The summed E-state index contributed by atoms with van der Waals surface area (Å²) in [5.74, 6) is 0.796. The molecule has 7 aliphatic heterocycles. The number of fused-ring (bicyclic) bond motifs is 9. The van der Waals surface area contributed by atoms with E-state index in [-0.39, 0.29) is 42.4 Å². The van der Waals surface area contributed by atoms with Gasteiger partial charge in [0.2, 0.25) is 6.79 Å². The molecule has 0 saturated carbocycles. The van der Waals surface area contributed by atoms with E-state index < -0.39 is 53.1 Å². The van der Waals surface area contributed by atoms with E-state index in [1.807, 2.05) is 27.0 Å². The maximum atomic E-state index is 15.0. The van der Waals surface area contributed by atoms with Gasteiger partial charge < -0.3 is 43.0 Å². The number of ether oxygens (including phenoxy) is 8. The normalized spacial score (nSPS) is 27.2. The number of rotatable bonds is 5. The number of thioether (sulfide) groups is 1. The van der Waals surface area contributed by atoms with Crippen LogP contribution in [-0.2, 0) is 37.4 Å². The molecule has 0 amide bonds. The summed E-state index contributed by atoms with van der Waals surface area (Å²) in [5.41, 5.74) is 4.03. The first-order valence-electron chi connectivity index (χ1n) is 19.6. The molecule has 0 aliphatic carbocycles. The zero-order valence-electron chi connectivity index (χ0n) is 33.9. The van der Waals surface area contributed by atoms with Crippen molar-refractivity contribution in [3.63, 3.8) is 0 Å². The minimum absolute atomic E-state index is 0.0197. The summed E-state index contributed by atoms with van der Waals surface area (Å²) in [6, 6.07) is 5.06. The number of phenols is 1. The second-order valence-electron chi connectivity index (χ2n) is 15.7. The molecule has 0 radical (unpaired) electrons. The number of hydrogen-bond acceptors (Lipinski definition) is 17. The summed E-state index contributed by atoms with van der Waals surface area (Å²) in [5, 5.41) is 26.2. The molecular weight excluding hydrogens is 797 g/mol. The third-order valence-corrected chi connectivity index (χ3v) is 14.3. The molecule has 10 rings (SSSR count). The molecule has 17 heteroatoms. The average Bonchev–Trinajstić information content (AvgIpc) is 3.71. The van der Waals surface area contributed by atoms with Crippen LogP contribution in [0.2, 0.25) is 0 Å². The van der Waals surface area contributed by atoms with Gasteiger partial charge in [0, 0.05) is 53.6 Å². The van der Waals surface area contributed by atoms with Gasteiger partial charge in [-0.25, -0.2) is 9.59 Å². The topological polar surface area (TPSA) is 188 Å². The van der Waals surface area contributed by atoms with Crippen molar-refractivity contribution in [2.45, 2.75) is 74.6 Å². The van der Waals surface area contributed by atoms with Crippen LogP contribution in [0.5, 0.6) is 40.2 Å². The van der Waals surface area contributed by atoms with E-state index >= 15 is 0 Å². The third kappa shape index (κ3) is 5.71. The number of phenolic OH excluding ortho intramolecular Hbond substituents is 1. The molecule has 7 heterocycles. The number of carbonyl (C=O) groups is 3. The van der Waals surface area contributed by atoms with Crippen molar-refractivity contribution in [2.24, 2.45) is 0 Å². The maximum absolute atomic E-state index is 15.0. The molecule has 2 saturated heterocycles. The minimum Gasteiger partial charge on any atom is -0.504 e. The molecule has 3 aromatic rings. The Morgan fingerprint density at radius 1 is 1.05 bits per heavy atom. The summed E-state index contributed by atoms with van der Waals surface area (Å²) < 4.78 is 46.6. The number of aromatic hydroxyl groups is 1. The molecule has 1 unspecified atom stereocenters. The predicted octanol–water partition coefficient (Wildman–Crippen LogP) is 4.94. The van der Waals surface area contributed by atoms with E-state index in [0.717, 1.165) is 23.0 Å². The standard InChI is InChI=1S/C43H44N4O12S/c1-8-54-42(51)59-29-13-22-9-10-45-43(24(22)14-28(29)52-6)17-60-40-32-31(39-38(56-18-57-39)20(3)37(32)58-21(4)48)27(16-55-41(43)50)47-26(15-44)25-12-23-11-19(2)36(53-7)35(49)30(23)33(34(40)47)46(25)5/h8,11,13-14,25-27,33-34,40,45,49H,1,9-10,12,16-18H2,2-7H3/t25-,26-,27-,33-,34?,40+,43+/m0/s1.